The minimum atomic E-state index is -0.407. The van der Waals surface area contributed by atoms with E-state index in [9.17, 15) is 14.7 Å². The van der Waals surface area contributed by atoms with Crippen LogP contribution in [0, 0.1) is 13.8 Å². The first-order valence-corrected chi connectivity index (χ1v) is 6.09. The number of carbonyl (C=O) groups excluding carboxylic acids is 1. The molecule has 0 radical (unpaired) electrons. The highest BCUT2D eigenvalue weighted by Gasteiger charge is 2.14. The van der Waals surface area contributed by atoms with Crippen molar-refractivity contribution < 1.29 is 9.90 Å². The van der Waals surface area contributed by atoms with Crippen LogP contribution in [0.1, 0.15) is 20.9 Å². The van der Waals surface area contributed by atoms with Crippen molar-refractivity contribution in [2.45, 2.75) is 13.8 Å². The Morgan fingerprint density at radius 1 is 1.39 bits per heavy atom. The van der Waals surface area contributed by atoms with Gasteiger partial charge in [-0.2, -0.15) is 0 Å². The number of phenols is 1. The van der Waals surface area contributed by atoms with Gasteiger partial charge in [0.15, 0.2) is 0 Å². The number of aromatic nitrogens is 1. The van der Waals surface area contributed by atoms with E-state index in [1.54, 1.807) is 25.1 Å². The van der Waals surface area contributed by atoms with E-state index >= 15 is 0 Å². The van der Waals surface area contributed by atoms with E-state index in [2.05, 4.69) is 10.3 Å². The van der Waals surface area contributed by atoms with Crippen LogP contribution in [-0.2, 0) is 0 Å². The van der Waals surface area contributed by atoms with Crippen LogP contribution < -0.4 is 10.2 Å². The van der Waals surface area contributed by atoms with E-state index in [1.807, 2.05) is 6.92 Å². The Hall–Kier alpha value is -2.08. The fourth-order valence-electron chi connectivity index (χ4n) is 1.55. The molecule has 2 rings (SSSR count). The number of aromatic amines is 1. The van der Waals surface area contributed by atoms with Crippen molar-refractivity contribution in [3.05, 3.63) is 44.0 Å². The molecular weight excluding hydrogens is 252 g/mol. The van der Waals surface area contributed by atoms with Gasteiger partial charge in [0.1, 0.15) is 10.6 Å². The number of hydrogen-bond donors (Lipinski definition) is 3. The summed E-state index contributed by atoms with van der Waals surface area (Å²) >= 11 is 0.846. The van der Waals surface area contributed by atoms with Crippen LogP contribution in [0.15, 0.2) is 23.0 Å². The van der Waals surface area contributed by atoms with Gasteiger partial charge in [-0.05, 0) is 31.5 Å². The number of hydrogen-bond acceptors (Lipinski definition) is 4. The van der Waals surface area contributed by atoms with Gasteiger partial charge in [-0.3, -0.25) is 9.59 Å². The van der Waals surface area contributed by atoms with E-state index in [-0.39, 0.29) is 10.6 Å². The lowest BCUT2D eigenvalue weighted by atomic mass is 10.2. The number of aromatic hydroxyl groups is 1. The predicted molar refractivity (Wildman–Crippen MR) is 70.5 cm³/mol. The molecular formula is C12H12N2O3S. The van der Waals surface area contributed by atoms with Crippen molar-refractivity contribution in [3.63, 3.8) is 0 Å². The van der Waals surface area contributed by atoms with Gasteiger partial charge in [0, 0.05) is 5.69 Å². The van der Waals surface area contributed by atoms with Crippen molar-refractivity contribution in [1.82, 2.24) is 4.98 Å². The van der Waals surface area contributed by atoms with Crippen LogP contribution in [0.2, 0.25) is 0 Å². The molecule has 2 aromatic rings. The second-order valence-electron chi connectivity index (χ2n) is 3.94. The van der Waals surface area contributed by atoms with E-state index < -0.39 is 5.91 Å². The molecule has 1 heterocycles. The van der Waals surface area contributed by atoms with Crippen LogP contribution in [0.4, 0.5) is 5.69 Å². The van der Waals surface area contributed by atoms with E-state index in [0.29, 0.717) is 16.3 Å². The maximum Gasteiger partial charge on any atom is 0.305 e. The summed E-state index contributed by atoms with van der Waals surface area (Å²) in [5.41, 5.74) is 1.74. The molecule has 0 saturated heterocycles. The fourth-order valence-corrected chi connectivity index (χ4v) is 2.29. The van der Waals surface area contributed by atoms with Crippen molar-refractivity contribution in [3.8, 4) is 5.75 Å². The predicted octanol–water partition coefficient (Wildman–Crippen LogP) is 2.01. The van der Waals surface area contributed by atoms with Gasteiger partial charge < -0.3 is 15.4 Å². The van der Waals surface area contributed by atoms with Crippen molar-refractivity contribution >= 4 is 22.9 Å². The number of thiazole rings is 1. The lowest BCUT2D eigenvalue weighted by Gasteiger charge is -2.07. The van der Waals surface area contributed by atoms with Gasteiger partial charge in [0.05, 0.1) is 5.69 Å². The minimum Gasteiger partial charge on any atom is -0.506 e. The maximum atomic E-state index is 11.9. The molecule has 0 aliphatic heterocycles. The van der Waals surface area contributed by atoms with Gasteiger partial charge in [-0.1, -0.05) is 17.4 Å². The Balaban J connectivity index is 2.26. The molecule has 3 N–H and O–H groups in total. The minimum absolute atomic E-state index is 0.00360. The quantitative estimate of drug-likeness (QED) is 0.726. The number of H-pyrrole nitrogens is 1. The van der Waals surface area contributed by atoms with Crippen molar-refractivity contribution in [2.24, 2.45) is 0 Å². The summed E-state index contributed by atoms with van der Waals surface area (Å²) in [6, 6.07) is 4.96. The number of anilines is 1. The average Bonchev–Trinajstić information content (AvgIpc) is 2.62. The molecule has 0 spiro atoms. The first-order valence-electron chi connectivity index (χ1n) is 5.28. The fraction of sp³-hybridized carbons (Fsp3) is 0.167. The van der Waals surface area contributed by atoms with E-state index in [4.69, 9.17) is 0 Å². The zero-order valence-electron chi connectivity index (χ0n) is 9.90. The summed E-state index contributed by atoms with van der Waals surface area (Å²) in [5.74, 6) is -0.404. The number of amides is 1. The Bertz CT molecular complexity index is 658. The van der Waals surface area contributed by atoms with Gasteiger partial charge in [-0.15, -0.1) is 0 Å². The number of benzene rings is 1. The maximum absolute atomic E-state index is 11.9. The summed E-state index contributed by atoms with van der Waals surface area (Å²) in [5, 5.41) is 12.3. The third kappa shape index (κ3) is 2.43. The molecule has 5 nitrogen and oxygen atoms in total. The normalized spacial score (nSPS) is 10.3. The molecule has 0 unspecified atom stereocenters. The Morgan fingerprint density at radius 3 is 2.67 bits per heavy atom. The number of phenolic OH excluding ortho intramolecular Hbond substituents is 1. The lowest BCUT2D eigenvalue weighted by molar-refractivity contribution is 0.102. The molecule has 0 aliphatic rings. The first-order chi connectivity index (χ1) is 8.47. The number of rotatable bonds is 2. The summed E-state index contributed by atoms with van der Waals surface area (Å²) in [4.78, 5) is 25.6. The molecule has 0 fully saturated rings. The van der Waals surface area contributed by atoms with E-state index in [1.165, 1.54) is 0 Å². The topological polar surface area (TPSA) is 82.2 Å². The van der Waals surface area contributed by atoms with Crippen molar-refractivity contribution in [1.29, 1.82) is 0 Å². The SMILES string of the molecule is Cc1ccc(NC(=O)c2sc(=O)[nH]c2C)c(O)c1. The average molecular weight is 264 g/mol. The Kier molecular flexibility index (Phi) is 3.20. The Labute approximate surface area is 107 Å². The van der Waals surface area contributed by atoms with Gasteiger partial charge in [0.25, 0.3) is 5.91 Å². The van der Waals surface area contributed by atoms with Gasteiger partial charge in [0.2, 0.25) is 0 Å². The lowest BCUT2D eigenvalue weighted by Crippen LogP contribution is -2.11. The summed E-state index contributed by atoms with van der Waals surface area (Å²) < 4.78 is 0. The zero-order chi connectivity index (χ0) is 13.3. The molecule has 18 heavy (non-hydrogen) atoms. The molecule has 94 valence electrons. The van der Waals surface area contributed by atoms with Crippen LogP contribution in [0.3, 0.4) is 0 Å². The highest BCUT2D eigenvalue weighted by atomic mass is 32.1. The highest BCUT2D eigenvalue weighted by molar-refractivity contribution is 7.11. The largest absolute Gasteiger partial charge is 0.506 e. The van der Waals surface area contributed by atoms with Crippen LogP contribution in [0.5, 0.6) is 5.75 Å². The van der Waals surface area contributed by atoms with Crippen molar-refractivity contribution in [2.75, 3.05) is 5.32 Å². The van der Waals surface area contributed by atoms with Crippen LogP contribution >= 0.6 is 11.3 Å². The Morgan fingerprint density at radius 2 is 2.11 bits per heavy atom. The highest BCUT2D eigenvalue weighted by Crippen LogP contribution is 2.24. The second-order valence-corrected chi connectivity index (χ2v) is 4.93. The van der Waals surface area contributed by atoms with E-state index in [0.717, 1.165) is 16.9 Å². The van der Waals surface area contributed by atoms with Gasteiger partial charge >= 0.3 is 4.87 Å². The summed E-state index contributed by atoms with van der Waals surface area (Å²) in [7, 11) is 0. The molecule has 6 heteroatoms. The third-order valence-corrected chi connectivity index (χ3v) is 3.42. The molecule has 1 amide bonds. The van der Waals surface area contributed by atoms with Crippen LogP contribution in [-0.4, -0.2) is 16.0 Å². The number of aryl methyl sites for hydroxylation is 2. The molecule has 0 saturated carbocycles. The number of nitrogens with one attached hydrogen (secondary N) is 2. The second kappa shape index (κ2) is 4.66. The zero-order valence-corrected chi connectivity index (χ0v) is 10.7. The standard InChI is InChI=1S/C12H12N2O3S/c1-6-3-4-8(9(15)5-6)14-11(16)10-7(2)13-12(17)18-10/h3-5,15H,1-2H3,(H,13,17)(H,14,16). The smallest absolute Gasteiger partial charge is 0.305 e. The molecule has 1 aromatic heterocycles. The summed E-state index contributed by atoms with van der Waals surface area (Å²) in [6.45, 7) is 3.50. The van der Waals surface area contributed by atoms with Gasteiger partial charge in [-0.25, -0.2) is 0 Å². The molecule has 1 aromatic carbocycles. The molecule has 0 bridgehead atoms. The molecule has 0 atom stereocenters. The third-order valence-electron chi connectivity index (χ3n) is 2.43. The van der Waals surface area contributed by atoms with Crippen LogP contribution in [0.25, 0.3) is 0 Å². The first kappa shape index (κ1) is 12.4. The summed E-state index contributed by atoms with van der Waals surface area (Å²) in [6.07, 6.45) is 0. The monoisotopic (exact) mass is 264 g/mol. The number of carbonyl (C=O) groups is 1. The molecule has 0 aliphatic carbocycles.